The molecule has 162 valence electrons. The highest BCUT2D eigenvalue weighted by atomic mass is 32.1. The first kappa shape index (κ1) is 19.3. The number of para-hydroxylation sites is 1. The molecule has 2 unspecified atom stereocenters. The highest BCUT2D eigenvalue weighted by Gasteiger charge is 2.61. The Morgan fingerprint density at radius 1 is 1.06 bits per heavy atom. The molecule has 1 aliphatic heterocycles. The van der Waals surface area contributed by atoms with Crippen molar-refractivity contribution in [3.63, 3.8) is 0 Å². The third-order valence-corrected chi connectivity index (χ3v) is 8.93. The van der Waals surface area contributed by atoms with Gasteiger partial charge in [0.15, 0.2) is 0 Å². The zero-order valence-electron chi connectivity index (χ0n) is 17.4. The predicted octanol–water partition coefficient (Wildman–Crippen LogP) is 4.34. The van der Waals surface area contributed by atoms with E-state index in [0.29, 0.717) is 48.0 Å². The maximum atomic E-state index is 13.6. The monoisotopic (exact) mass is 437 g/mol. The number of carbonyl (C=O) groups excluding carboxylic acids is 2. The Morgan fingerprint density at radius 3 is 2.61 bits per heavy atom. The van der Waals surface area contributed by atoms with Crippen molar-refractivity contribution in [3.05, 3.63) is 46.3 Å². The van der Waals surface area contributed by atoms with Crippen molar-refractivity contribution >= 4 is 33.8 Å². The summed E-state index contributed by atoms with van der Waals surface area (Å²) < 4.78 is 5.62. The lowest BCUT2D eigenvalue weighted by Crippen LogP contribution is -2.38. The first-order chi connectivity index (χ1) is 15.1. The van der Waals surface area contributed by atoms with E-state index in [0.717, 1.165) is 29.0 Å². The molecule has 0 saturated heterocycles. The molecule has 31 heavy (non-hydrogen) atoms. The van der Waals surface area contributed by atoms with E-state index in [1.54, 1.807) is 0 Å². The van der Waals surface area contributed by atoms with Crippen LogP contribution >= 0.6 is 11.3 Å². The molecule has 6 nitrogen and oxygen atoms in total. The Hall–Kier alpha value is -2.38. The quantitative estimate of drug-likeness (QED) is 0.608. The van der Waals surface area contributed by atoms with Gasteiger partial charge < -0.3 is 10.1 Å². The van der Waals surface area contributed by atoms with Crippen LogP contribution in [-0.2, 0) is 22.6 Å². The second kappa shape index (κ2) is 7.35. The van der Waals surface area contributed by atoms with E-state index in [1.807, 2.05) is 30.3 Å². The molecular weight excluding hydrogens is 410 g/mol. The van der Waals surface area contributed by atoms with Crippen LogP contribution in [-0.4, -0.2) is 18.4 Å². The Kier molecular flexibility index (Phi) is 4.58. The zero-order valence-corrected chi connectivity index (χ0v) is 18.2. The standard InChI is InChI=1S/C24H27N3O3S/c28-21(27-26-17-4-2-1-3-5-17)20-18-6-7-30-13-19(18)31-22(20)25-23(29)24-11-14-8-15(12-24)10-16(24)9-14/h1-5,14-16,26H,6-13H2,(H,25,29)(H,27,28). The van der Waals surface area contributed by atoms with Gasteiger partial charge in [0.05, 0.1) is 29.9 Å². The number of hydrogen-bond donors (Lipinski definition) is 3. The number of hydrazine groups is 1. The minimum absolute atomic E-state index is 0.131. The summed E-state index contributed by atoms with van der Waals surface area (Å²) in [6, 6.07) is 9.54. The molecule has 1 aromatic heterocycles. The van der Waals surface area contributed by atoms with Gasteiger partial charge in [-0.1, -0.05) is 18.2 Å². The topological polar surface area (TPSA) is 79.5 Å². The van der Waals surface area contributed by atoms with E-state index in [4.69, 9.17) is 4.74 Å². The van der Waals surface area contributed by atoms with Crippen molar-refractivity contribution in [3.8, 4) is 0 Å². The number of rotatable bonds is 5. The summed E-state index contributed by atoms with van der Waals surface area (Å²) in [5.41, 5.74) is 8.00. The maximum absolute atomic E-state index is 13.6. The summed E-state index contributed by atoms with van der Waals surface area (Å²) in [6.45, 7) is 1.10. The van der Waals surface area contributed by atoms with Crippen molar-refractivity contribution < 1.29 is 14.3 Å². The molecule has 3 N–H and O–H groups in total. The lowest BCUT2D eigenvalue weighted by molar-refractivity contribution is -0.127. The van der Waals surface area contributed by atoms with E-state index in [-0.39, 0.29) is 17.2 Å². The van der Waals surface area contributed by atoms with Gasteiger partial charge in [-0.3, -0.25) is 20.4 Å². The minimum atomic E-state index is -0.218. The van der Waals surface area contributed by atoms with Gasteiger partial charge in [0, 0.05) is 4.88 Å². The average Bonchev–Trinajstić information content (AvgIpc) is 3.36. The average molecular weight is 438 g/mol. The fraction of sp³-hybridized carbons (Fsp3) is 0.500. The normalized spacial score (nSPS) is 30.1. The van der Waals surface area contributed by atoms with Gasteiger partial charge >= 0.3 is 0 Å². The number of nitrogens with one attached hydrogen (secondary N) is 3. The fourth-order valence-corrected chi connectivity index (χ4v) is 7.85. The van der Waals surface area contributed by atoms with Crippen LogP contribution < -0.4 is 16.2 Å². The van der Waals surface area contributed by atoms with Crippen molar-refractivity contribution in [1.82, 2.24) is 5.43 Å². The van der Waals surface area contributed by atoms with Crippen LogP contribution in [0.4, 0.5) is 10.7 Å². The summed E-state index contributed by atoms with van der Waals surface area (Å²) in [4.78, 5) is 27.8. The minimum Gasteiger partial charge on any atom is -0.376 e. The van der Waals surface area contributed by atoms with Crippen LogP contribution in [0.3, 0.4) is 0 Å². The van der Waals surface area contributed by atoms with E-state index >= 15 is 0 Å². The van der Waals surface area contributed by atoms with Crippen molar-refractivity contribution in [2.75, 3.05) is 17.3 Å². The summed E-state index contributed by atoms with van der Waals surface area (Å²) >= 11 is 1.50. The number of carbonyl (C=O) groups is 2. The maximum Gasteiger partial charge on any atom is 0.272 e. The van der Waals surface area contributed by atoms with Gasteiger partial charge in [0.2, 0.25) is 5.91 Å². The van der Waals surface area contributed by atoms with E-state index in [2.05, 4.69) is 16.2 Å². The number of benzene rings is 1. The van der Waals surface area contributed by atoms with Crippen molar-refractivity contribution in [1.29, 1.82) is 0 Å². The second-order valence-corrected chi connectivity index (χ2v) is 10.7. The lowest BCUT2D eigenvalue weighted by Gasteiger charge is -2.31. The van der Waals surface area contributed by atoms with Crippen LogP contribution in [0.15, 0.2) is 30.3 Å². The molecule has 4 fully saturated rings. The largest absolute Gasteiger partial charge is 0.376 e. The molecule has 5 aliphatic rings. The van der Waals surface area contributed by atoms with Crippen molar-refractivity contribution in [2.45, 2.75) is 45.1 Å². The number of amides is 2. The first-order valence-corrected chi connectivity index (χ1v) is 12.1. The molecule has 2 aromatic rings. The third-order valence-electron chi connectivity index (χ3n) is 7.81. The number of thiophene rings is 1. The Labute approximate surface area is 185 Å². The Bertz CT molecular complexity index is 1020. The Morgan fingerprint density at radius 2 is 1.84 bits per heavy atom. The highest BCUT2D eigenvalue weighted by molar-refractivity contribution is 7.17. The summed E-state index contributed by atoms with van der Waals surface area (Å²) in [5.74, 6) is 1.86. The lowest BCUT2D eigenvalue weighted by atomic mass is 9.75. The van der Waals surface area contributed by atoms with Gasteiger partial charge in [-0.05, 0) is 74.0 Å². The smallest absolute Gasteiger partial charge is 0.272 e. The molecule has 1 aromatic carbocycles. The zero-order chi connectivity index (χ0) is 21.0. The molecule has 4 saturated carbocycles. The van der Waals surface area contributed by atoms with E-state index in [9.17, 15) is 9.59 Å². The second-order valence-electron chi connectivity index (χ2n) is 9.61. The van der Waals surface area contributed by atoms with E-state index in [1.165, 1.54) is 30.6 Å². The third kappa shape index (κ3) is 3.17. The van der Waals surface area contributed by atoms with Gasteiger partial charge in [-0.2, -0.15) is 0 Å². The number of ether oxygens (including phenoxy) is 1. The molecule has 2 amide bonds. The van der Waals surface area contributed by atoms with Gasteiger partial charge in [-0.25, -0.2) is 0 Å². The van der Waals surface area contributed by atoms with Crippen LogP contribution in [0, 0.1) is 23.2 Å². The molecule has 7 heteroatoms. The summed E-state index contributed by atoms with van der Waals surface area (Å²) in [6.07, 6.45) is 6.43. The number of anilines is 2. The SMILES string of the molecule is O=C(NNc1ccccc1)c1c(NC(=O)C23CC4CC(CC2C4)C3)sc2c1CCOC2. The van der Waals surface area contributed by atoms with Gasteiger partial charge in [-0.15, -0.1) is 11.3 Å². The molecular formula is C24H27N3O3S. The highest BCUT2D eigenvalue weighted by Crippen LogP contribution is 2.65. The van der Waals surface area contributed by atoms with Gasteiger partial charge in [0.1, 0.15) is 5.00 Å². The Balaban J connectivity index is 1.26. The molecule has 0 radical (unpaired) electrons. The molecule has 7 rings (SSSR count). The van der Waals surface area contributed by atoms with Crippen LogP contribution in [0.25, 0.3) is 0 Å². The van der Waals surface area contributed by atoms with Crippen LogP contribution in [0.5, 0.6) is 0 Å². The fourth-order valence-electron chi connectivity index (χ4n) is 6.67. The molecule has 4 aliphatic carbocycles. The molecule has 4 bridgehead atoms. The number of fused-ring (bicyclic) bond motifs is 1. The van der Waals surface area contributed by atoms with Crippen LogP contribution in [0.1, 0.15) is 52.9 Å². The van der Waals surface area contributed by atoms with Crippen molar-refractivity contribution in [2.24, 2.45) is 23.2 Å². The molecule has 0 spiro atoms. The number of hydrogen-bond acceptors (Lipinski definition) is 5. The molecule has 2 atom stereocenters. The van der Waals surface area contributed by atoms with E-state index < -0.39 is 0 Å². The van der Waals surface area contributed by atoms with Gasteiger partial charge in [0.25, 0.3) is 5.91 Å². The summed E-state index contributed by atoms with van der Waals surface area (Å²) in [7, 11) is 0. The summed E-state index contributed by atoms with van der Waals surface area (Å²) in [5, 5.41) is 3.90. The predicted molar refractivity (Wildman–Crippen MR) is 120 cm³/mol. The first-order valence-electron chi connectivity index (χ1n) is 11.3. The molecule has 2 heterocycles. The van der Waals surface area contributed by atoms with Crippen LogP contribution in [0.2, 0.25) is 0 Å².